The van der Waals surface area contributed by atoms with Crippen LogP contribution in [0.25, 0.3) is 0 Å². The van der Waals surface area contributed by atoms with Crippen LogP contribution in [-0.2, 0) is 10.0 Å². The van der Waals surface area contributed by atoms with E-state index in [9.17, 15) is 8.42 Å². The van der Waals surface area contributed by atoms with Gasteiger partial charge in [0.2, 0.25) is 10.0 Å². The van der Waals surface area contributed by atoms with Gasteiger partial charge in [-0.15, -0.1) is 0 Å². The second kappa shape index (κ2) is 3.98. The molecule has 8 heteroatoms. The van der Waals surface area contributed by atoms with Crippen molar-refractivity contribution < 1.29 is 8.42 Å². The average Bonchev–Trinajstić information content (AvgIpc) is 2.00. The maximum Gasteiger partial charge on any atom is 0.249 e. The fourth-order valence-corrected chi connectivity index (χ4v) is 6.35. The van der Waals surface area contributed by atoms with Gasteiger partial charge in [0.1, 0.15) is 0 Å². The Morgan fingerprint density at radius 2 is 1.60 bits per heavy atom. The second-order valence-electron chi connectivity index (χ2n) is 3.08. The Kier molecular flexibility index (Phi) is 3.56. The number of nitrogens with one attached hydrogen (secondary N) is 1. The van der Waals surface area contributed by atoms with E-state index in [0.29, 0.717) is 0 Å². The van der Waals surface area contributed by atoms with Crippen molar-refractivity contribution in [1.29, 1.82) is 0 Å². The van der Waals surface area contributed by atoms with Crippen LogP contribution >= 0.6 is 39.0 Å². The first kappa shape index (κ1) is 13.4. The molecule has 0 saturated heterocycles. The first-order valence-electron chi connectivity index (χ1n) is 3.83. The van der Waals surface area contributed by atoms with Gasteiger partial charge in [0, 0.05) is 0 Å². The summed E-state index contributed by atoms with van der Waals surface area (Å²) in [5, 5.41) is 0. The molecule has 0 aliphatic rings. The molecule has 1 aromatic rings. The highest BCUT2D eigenvalue weighted by Crippen LogP contribution is 2.77. The minimum absolute atomic E-state index is 0.0720. The summed E-state index contributed by atoms with van der Waals surface area (Å²) >= 11 is 0. The van der Waals surface area contributed by atoms with Crippen LogP contribution in [-0.4, -0.2) is 14.7 Å². The van der Waals surface area contributed by atoms with Gasteiger partial charge in [-0.05, 0) is 50.4 Å². The fourth-order valence-electron chi connectivity index (χ4n) is 0.909. The number of thiol groups is 1. The third-order valence-electron chi connectivity index (χ3n) is 1.37. The number of rotatable bonds is 3. The molecular formula is C7H10Cl3NO2S2. The minimum atomic E-state index is -3.86. The first-order chi connectivity index (χ1) is 6.56. The Morgan fingerprint density at radius 3 is 2.00 bits per heavy atom. The van der Waals surface area contributed by atoms with E-state index in [1.54, 1.807) is 18.2 Å². The molecule has 0 aliphatic carbocycles. The lowest BCUT2D eigenvalue weighted by molar-refractivity contribution is 0.594. The molecule has 0 amide bonds. The molecule has 3 nitrogen and oxygen atoms in total. The van der Waals surface area contributed by atoms with E-state index >= 15 is 0 Å². The molecule has 0 radical (unpaired) electrons. The predicted molar refractivity (Wildman–Crippen MR) is 69.2 cm³/mol. The fraction of sp³-hybridized carbons (Fsp3) is 0.143. The third kappa shape index (κ3) is 4.80. The van der Waals surface area contributed by atoms with Gasteiger partial charge in [-0.25, -0.2) is 8.42 Å². The van der Waals surface area contributed by atoms with Crippen molar-refractivity contribution in [2.24, 2.45) is 0 Å². The van der Waals surface area contributed by atoms with Crippen LogP contribution in [0.15, 0.2) is 35.2 Å². The van der Waals surface area contributed by atoms with Crippen LogP contribution in [0.5, 0.6) is 0 Å². The molecular weight excluding hydrogens is 301 g/mol. The molecule has 15 heavy (non-hydrogen) atoms. The van der Waals surface area contributed by atoms with Crippen molar-refractivity contribution >= 4 is 49.1 Å². The van der Waals surface area contributed by atoms with E-state index in [-0.39, 0.29) is 4.90 Å². The van der Waals surface area contributed by atoms with E-state index < -0.39 is 17.0 Å². The Bertz CT molecular complexity index is 443. The largest absolute Gasteiger partial charge is 0.249 e. The van der Waals surface area contributed by atoms with E-state index in [4.69, 9.17) is 32.0 Å². The van der Waals surface area contributed by atoms with Crippen molar-refractivity contribution in [1.82, 2.24) is 4.13 Å². The van der Waals surface area contributed by atoms with Crippen LogP contribution in [0.4, 0.5) is 0 Å². The molecule has 88 valence electrons. The Balaban J connectivity index is 3.08. The van der Waals surface area contributed by atoms with Crippen molar-refractivity contribution in [2.45, 2.75) is 4.90 Å². The van der Waals surface area contributed by atoms with Crippen molar-refractivity contribution in [3.05, 3.63) is 30.3 Å². The standard InChI is InChI=1S/C7H10Cl3NO2S2/c1-15(8,9,10)11-14(12,13)7-5-3-2-4-6-7/h2-6,11,15H,1H3. The predicted octanol–water partition coefficient (Wildman–Crippen LogP) is 3.04. The maximum atomic E-state index is 11.7. The molecule has 0 atom stereocenters. The normalized spacial score (nSPS) is 15.6. The van der Waals surface area contributed by atoms with Crippen LogP contribution in [0.1, 0.15) is 0 Å². The maximum absolute atomic E-state index is 11.7. The molecule has 1 aromatic carbocycles. The molecule has 0 fully saturated rings. The molecule has 1 N–H and O–H groups in total. The number of halogens is 3. The van der Waals surface area contributed by atoms with Crippen LogP contribution < -0.4 is 4.13 Å². The minimum Gasteiger partial charge on any atom is -0.206 e. The van der Waals surface area contributed by atoms with Gasteiger partial charge in [0.25, 0.3) is 0 Å². The van der Waals surface area contributed by atoms with Crippen LogP contribution in [0.3, 0.4) is 0 Å². The molecule has 0 saturated carbocycles. The summed E-state index contributed by atoms with van der Waals surface area (Å²) in [4.78, 5) is 0.0720. The highest BCUT2D eigenvalue weighted by atomic mass is 36.2. The topological polar surface area (TPSA) is 46.2 Å². The zero-order valence-corrected chi connectivity index (χ0v) is 11.7. The molecule has 0 spiro atoms. The highest BCUT2D eigenvalue weighted by molar-refractivity contribution is 8.91. The smallest absolute Gasteiger partial charge is 0.206 e. The third-order valence-corrected chi connectivity index (χ3v) is 6.64. The summed E-state index contributed by atoms with van der Waals surface area (Å²) in [5.41, 5.74) is 0. The lowest BCUT2D eigenvalue weighted by Crippen LogP contribution is -2.26. The number of hydrogen-bond donors (Lipinski definition) is 2. The van der Waals surface area contributed by atoms with Gasteiger partial charge in [0.15, 0.2) is 0 Å². The van der Waals surface area contributed by atoms with Gasteiger partial charge in [-0.1, -0.05) is 25.2 Å². The van der Waals surface area contributed by atoms with Gasteiger partial charge < -0.3 is 0 Å². The Hall–Kier alpha value is 0.350. The molecule has 0 heterocycles. The van der Waals surface area contributed by atoms with Crippen molar-refractivity contribution in [3.63, 3.8) is 0 Å². The zero-order chi connectivity index (χ0) is 11.8. The Morgan fingerprint density at radius 1 is 1.13 bits per heavy atom. The summed E-state index contributed by atoms with van der Waals surface area (Å²) < 4.78 is 25.5. The number of sulfonamides is 1. The van der Waals surface area contributed by atoms with Crippen LogP contribution in [0.2, 0.25) is 0 Å². The van der Waals surface area contributed by atoms with E-state index in [1.165, 1.54) is 18.4 Å². The summed E-state index contributed by atoms with van der Waals surface area (Å²) in [6.45, 7) is -3.86. The van der Waals surface area contributed by atoms with E-state index in [2.05, 4.69) is 4.13 Å². The average molecular weight is 311 g/mol. The molecule has 1 rings (SSSR count). The number of hydrogen-bond acceptors (Lipinski definition) is 2. The van der Waals surface area contributed by atoms with Gasteiger partial charge in [0.05, 0.1) is 4.90 Å². The van der Waals surface area contributed by atoms with Gasteiger partial charge in [-0.2, -0.15) is 4.13 Å². The lowest BCUT2D eigenvalue weighted by Gasteiger charge is -2.38. The van der Waals surface area contributed by atoms with Crippen molar-refractivity contribution in [3.8, 4) is 0 Å². The van der Waals surface area contributed by atoms with E-state index in [1.807, 2.05) is 0 Å². The van der Waals surface area contributed by atoms with Gasteiger partial charge >= 0.3 is 0 Å². The van der Waals surface area contributed by atoms with Crippen molar-refractivity contribution in [2.75, 3.05) is 6.26 Å². The Labute approximate surface area is 103 Å². The summed E-state index contributed by atoms with van der Waals surface area (Å²) in [5.74, 6) is 0. The van der Waals surface area contributed by atoms with E-state index in [0.717, 1.165) is 0 Å². The molecule has 0 aliphatic heterocycles. The summed E-state index contributed by atoms with van der Waals surface area (Å²) in [7, 11) is 13.3. The quantitative estimate of drug-likeness (QED) is 0.843. The summed E-state index contributed by atoms with van der Waals surface area (Å²) in [6.07, 6.45) is 1.26. The first-order valence-corrected chi connectivity index (χ1v) is 10.7. The zero-order valence-electron chi connectivity index (χ0n) is 7.69. The highest BCUT2D eigenvalue weighted by Gasteiger charge is 2.32. The molecule has 0 aromatic heterocycles. The SMILES string of the molecule is C[SH](Cl)(Cl)(Cl)NS(=O)(=O)c1ccccc1. The monoisotopic (exact) mass is 309 g/mol. The summed E-state index contributed by atoms with van der Waals surface area (Å²) in [6, 6.07) is 7.74. The molecule has 0 bridgehead atoms. The lowest BCUT2D eigenvalue weighted by atomic mass is 10.4. The second-order valence-corrected chi connectivity index (χ2v) is 16.8. The van der Waals surface area contributed by atoms with Gasteiger partial charge in [-0.3, -0.25) is 0 Å². The molecule has 0 unspecified atom stereocenters. The van der Waals surface area contributed by atoms with Crippen LogP contribution in [0, 0.1) is 0 Å². The number of benzene rings is 1.